The Morgan fingerprint density at radius 3 is 2.88 bits per heavy atom. The molecule has 2 heterocycles. The molecule has 17 heavy (non-hydrogen) atoms. The highest BCUT2D eigenvalue weighted by atomic mass is 16.5. The van der Waals surface area contributed by atoms with E-state index in [1.54, 1.807) is 12.1 Å². The number of nitrogen functional groups attached to an aromatic ring is 1. The molecule has 6 nitrogen and oxygen atoms in total. The summed E-state index contributed by atoms with van der Waals surface area (Å²) in [6, 6.07) is 4.69. The number of aromatic nitrogens is 3. The summed E-state index contributed by atoms with van der Waals surface area (Å²) in [7, 11) is 1.47. The van der Waals surface area contributed by atoms with Gasteiger partial charge < -0.3 is 10.5 Å². The van der Waals surface area contributed by atoms with E-state index in [1.165, 1.54) is 25.7 Å². The number of methoxy groups -OCH3 is 1. The third-order valence-corrected chi connectivity index (χ3v) is 2.17. The van der Waals surface area contributed by atoms with E-state index in [0.717, 1.165) is 0 Å². The monoisotopic (exact) mass is 230 g/mol. The molecule has 0 bridgehead atoms. The van der Waals surface area contributed by atoms with Crippen molar-refractivity contribution in [2.75, 3.05) is 12.8 Å². The van der Waals surface area contributed by atoms with E-state index in [-0.39, 0.29) is 17.3 Å². The maximum Gasteiger partial charge on any atom is 0.216 e. The Morgan fingerprint density at radius 1 is 1.35 bits per heavy atom. The fourth-order valence-electron chi connectivity index (χ4n) is 1.32. The zero-order valence-corrected chi connectivity index (χ0v) is 9.12. The van der Waals surface area contributed by atoms with Crippen molar-refractivity contribution in [2.24, 2.45) is 0 Å². The van der Waals surface area contributed by atoms with Crippen LogP contribution in [0.5, 0.6) is 5.88 Å². The number of hydrogen-bond acceptors (Lipinski definition) is 6. The summed E-state index contributed by atoms with van der Waals surface area (Å²) in [6.45, 7) is 0. The number of carbonyl (C=O) groups is 1. The largest absolute Gasteiger partial charge is 0.481 e. The lowest BCUT2D eigenvalue weighted by Gasteiger charge is -2.03. The van der Waals surface area contributed by atoms with Gasteiger partial charge in [0.05, 0.1) is 12.7 Å². The molecule has 6 heteroatoms. The quantitative estimate of drug-likeness (QED) is 0.780. The van der Waals surface area contributed by atoms with E-state index in [0.29, 0.717) is 11.4 Å². The summed E-state index contributed by atoms with van der Waals surface area (Å²) in [4.78, 5) is 23.6. The maximum absolute atomic E-state index is 12.1. The van der Waals surface area contributed by atoms with Crippen LogP contribution in [0, 0.1) is 0 Å². The minimum absolute atomic E-state index is 0.176. The number of hydrogen-bond donors (Lipinski definition) is 1. The lowest BCUT2D eigenvalue weighted by atomic mass is 10.1. The first-order valence-electron chi connectivity index (χ1n) is 4.83. The van der Waals surface area contributed by atoms with Gasteiger partial charge in [0.1, 0.15) is 17.8 Å². The first-order chi connectivity index (χ1) is 8.22. The van der Waals surface area contributed by atoms with Crippen molar-refractivity contribution in [1.29, 1.82) is 0 Å². The van der Waals surface area contributed by atoms with Gasteiger partial charge in [-0.2, -0.15) is 0 Å². The second-order valence-electron chi connectivity index (χ2n) is 3.21. The van der Waals surface area contributed by atoms with Crippen molar-refractivity contribution >= 4 is 11.6 Å². The maximum atomic E-state index is 12.1. The Balaban J connectivity index is 2.40. The summed E-state index contributed by atoms with van der Waals surface area (Å²) in [5.74, 6) is 0.192. The molecule has 0 aliphatic rings. The Kier molecular flexibility index (Phi) is 2.95. The third-order valence-electron chi connectivity index (χ3n) is 2.17. The van der Waals surface area contributed by atoms with Crippen molar-refractivity contribution in [3.8, 4) is 5.88 Å². The Morgan fingerprint density at radius 2 is 2.18 bits per heavy atom. The second-order valence-corrected chi connectivity index (χ2v) is 3.21. The van der Waals surface area contributed by atoms with Crippen LogP contribution in [-0.2, 0) is 0 Å². The average molecular weight is 230 g/mol. The molecule has 0 aromatic carbocycles. The smallest absolute Gasteiger partial charge is 0.216 e. The molecular formula is C11H10N4O2. The minimum Gasteiger partial charge on any atom is -0.481 e. The lowest BCUT2D eigenvalue weighted by molar-refractivity contribution is 0.103. The van der Waals surface area contributed by atoms with Crippen LogP contribution in [0.2, 0.25) is 0 Å². The zero-order chi connectivity index (χ0) is 12.3. The van der Waals surface area contributed by atoms with Crippen LogP contribution < -0.4 is 10.5 Å². The van der Waals surface area contributed by atoms with Crippen LogP contribution in [-0.4, -0.2) is 27.8 Å². The van der Waals surface area contributed by atoms with Crippen LogP contribution in [0.4, 0.5) is 5.82 Å². The number of ketones is 1. The normalized spacial score (nSPS) is 9.94. The van der Waals surface area contributed by atoms with Gasteiger partial charge in [-0.15, -0.1) is 0 Å². The van der Waals surface area contributed by atoms with Crippen molar-refractivity contribution in [3.05, 3.63) is 42.0 Å². The van der Waals surface area contributed by atoms with Crippen LogP contribution in [0.15, 0.2) is 30.7 Å². The number of ether oxygens (including phenoxy) is 1. The summed E-state index contributed by atoms with van der Waals surface area (Å²) >= 11 is 0. The Bertz CT molecular complexity index is 557. The molecule has 2 N–H and O–H groups in total. The number of nitrogens with zero attached hydrogens (tertiary/aromatic N) is 3. The molecule has 0 aliphatic carbocycles. The first-order valence-corrected chi connectivity index (χ1v) is 4.83. The van der Waals surface area contributed by atoms with Gasteiger partial charge in [0.15, 0.2) is 0 Å². The second kappa shape index (κ2) is 4.56. The van der Waals surface area contributed by atoms with Gasteiger partial charge in [-0.25, -0.2) is 15.0 Å². The van der Waals surface area contributed by atoms with Crippen molar-refractivity contribution in [3.63, 3.8) is 0 Å². The van der Waals surface area contributed by atoms with Gasteiger partial charge in [-0.1, -0.05) is 0 Å². The molecule has 0 spiro atoms. The predicted octanol–water partition coefficient (Wildman–Crippen LogP) is 0.693. The fourth-order valence-corrected chi connectivity index (χ4v) is 1.32. The van der Waals surface area contributed by atoms with Crippen molar-refractivity contribution in [2.45, 2.75) is 0 Å². The minimum atomic E-state index is -0.309. The number of rotatable bonds is 3. The molecule has 0 fully saturated rings. The van der Waals surface area contributed by atoms with Gasteiger partial charge in [0.2, 0.25) is 11.7 Å². The molecule has 0 atom stereocenters. The number of anilines is 1. The van der Waals surface area contributed by atoms with Gasteiger partial charge in [-0.3, -0.25) is 4.79 Å². The summed E-state index contributed by atoms with van der Waals surface area (Å²) in [5, 5.41) is 0. The Hall–Kier alpha value is -2.50. The standard InChI is InChI=1S/C11H10N4O2/c1-17-9-5-8(14-6-15-9)10(16)7-3-2-4-13-11(7)12/h2-6H,1H3,(H2,12,13). The number of carbonyl (C=O) groups excluding carboxylic acids is 1. The van der Waals surface area contributed by atoms with E-state index >= 15 is 0 Å². The molecule has 2 aromatic rings. The van der Waals surface area contributed by atoms with Gasteiger partial charge >= 0.3 is 0 Å². The van der Waals surface area contributed by atoms with E-state index in [1.807, 2.05) is 0 Å². The third kappa shape index (κ3) is 2.20. The highest BCUT2D eigenvalue weighted by Crippen LogP contribution is 2.14. The fraction of sp³-hybridized carbons (Fsp3) is 0.0909. The van der Waals surface area contributed by atoms with E-state index < -0.39 is 0 Å². The number of nitrogens with two attached hydrogens (primary N) is 1. The van der Waals surface area contributed by atoms with Crippen LogP contribution in [0.25, 0.3) is 0 Å². The van der Waals surface area contributed by atoms with Gasteiger partial charge in [-0.05, 0) is 12.1 Å². The lowest BCUT2D eigenvalue weighted by Crippen LogP contribution is -2.09. The number of pyridine rings is 1. The molecule has 0 amide bonds. The molecule has 0 aliphatic heterocycles. The van der Waals surface area contributed by atoms with Crippen LogP contribution in [0.3, 0.4) is 0 Å². The zero-order valence-electron chi connectivity index (χ0n) is 9.12. The van der Waals surface area contributed by atoms with Gasteiger partial charge in [0.25, 0.3) is 0 Å². The molecular weight excluding hydrogens is 220 g/mol. The van der Waals surface area contributed by atoms with Crippen molar-refractivity contribution in [1.82, 2.24) is 15.0 Å². The average Bonchev–Trinajstić information content (AvgIpc) is 2.38. The highest BCUT2D eigenvalue weighted by molar-refractivity contribution is 6.10. The molecule has 0 radical (unpaired) electrons. The highest BCUT2D eigenvalue weighted by Gasteiger charge is 2.14. The molecule has 0 saturated heterocycles. The predicted molar refractivity (Wildman–Crippen MR) is 60.7 cm³/mol. The summed E-state index contributed by atoms with van der Waals surface area (Å²) in [6.07, 6.45) is 2.78. The molecule has 2 aromatic heterocycles. The van der Waals surface area contributed by atoms with E-state index in [4.69, 9.17) is 10.5 Å². The summed E-state index contributed by atoms with van der Waals surface area (Å²) in [5.41, 5.74) is 6.15. The van der Waals surface area contributed by atoms with E-state index in [2.05, 4.69) is 15.0 Å². The SMILES string of the molecule is COc1cc(C(=O)c2cccnc2N)ncn1. The summed E-state index contributed by atoms with van der Waals surface area (Å²) < 4.78 is 4.92. The molecule has 86 valence electrons. The Labute approximate surface area is 97.5 Å². The van der Waals surface area contributed by atoms with Crippen LogP contribution in [0.1, 0.15) is 16.1 Å². The molecule has 2 rings (SSSR count). The molecule has 0 unspecified atom stereocenters. The van der Waals surface area contributed by atoms with E-state index in [9.17, 15) is 4.79 Å². The van der Waals surface area contributed by atoms with Gasteiger partial charge in [0, 0.05) is 12.3 Å². The first kappa shape index (κ1) is 11.0. The van der Waals surface area contributed by atoms with Crippen LogP contribution >= 0.6 is 0 Å². The topological polar surface area (TPSA) is 91.0 Å². The van der Waals surface area contributed by atoms with Crippen molar-refractivity contribution < 1.29 is 9.53 Å². The molecule has 0 saturated carbocycles.